The third-order valence-corrected chi connectivity index (χ3v) is 3.43. The number of methoxy groups -OCH3 is 1. The SMILES string of the molecule is COc1ccc(C(=O)C(C)NCc2ccc(F)cc2)cc1N. The van der Waals surface area contributed by atoms with Crippen LogP contribution in [-0.4, -0.2) is 18.9 Å². The highest BCUT2D eigenvalue weighted by Gasteiger charge is 2.16. The second-order valence-electron chi connectivity index (χ2n) is 5.05. The quantitative estimate of drug-likeness (QED) is 0.636. The van der Waals surface area contributed by atoms with Crippen molar-refractivity contribution >= 4 is 11.5 Å². The first-order valence-electron chi connectivity index (χ1n) is 6.97. The highest BCUT2D eigenvalue weighted by Crippen LogP contribution is 2.22. The minimum absolute atomic E-state index is 0.0588. The van der Waals surface area contributed by atoms with Gasteiger partial charge in [-0.2, -0.15) is 0 Å². The van der Waals surface area contributed by atoms with E-state index in [-0.39, 0.29) is 17.6 Å². The maximum absolute atomic E-state index is 12.8. The molecule has 0 spiro atoms. The lowest BCUT2D eigenvalue weighted by atomic mass is 10.0. The third-order valence-electron chi connectivity index (χ3n) is 3.43. The van der Waals surface area contributed by atoms with Gasteiger partial charge < -0.3 is 15.8 Å². The van der Waals surface area contributed by atoms with Crippen LogP contribution in [0.25, 0.3) is 0 Å². The monoisotopic (exact) mass is 302 g/mol. The van der Waals surface area contributed by atoms with Crippen molar-refractivity contribution in [3.05, 3.63) is 59.4 Å². The van der Waals surface area contributed by atoms with Gasteiger partial charge in [0, 0.05) is 12.1 Å². The van der Waals surface area contributed by atoms with Crippen LogP contribution in [-0.2, 0) is 6.54 Å². The Morgan fingerprint density at radius 1 is 1.27 bits per heavy atom. The lowest BCUT2D eigenvalue weighted by Gasteiger charge is -2.14. The first-order chi connectivity index (χ1) is 10.5. The number of hydrogen-bond donors (Lipinski definition) is 2. The van der Waals surface area contributed by atoms with Crippen LogP contribution in [0.5, 0.6) is 5.75 Å². The number of ketones is 1. The highest BCUT2D eigenvalue weighted by molar-refractivity contribution is 6.00. The fraction of sp³-hybridized carbons (Fsp3) is 0.235. The van der Waals surface area contributed by atoms with E-state index in [1.54, 1.807) is 37.3 Å². The summed E-state index contributed by atoms with van der Waals surface area (Å²) >= 11 is 0. The Morgan fingerprint density at radius 3 is 2.55 bits per heavy atom. The molecule has 0 amide bonds. The van der Waals surface area contributed by atoms with Gasteiger partial charge in [-0.05, 0) is 42.8 Å². The largest absolute Gasteiger partial charge is 0.495 e. The van der Waals surface area contributed by atoms with Gasteiger partial charge in [0.2, 0.25) is 0 Å². The van der Waals surface area contributed by atoms with E-state index in [4.69, 9.17) is 10.5 Å². The average Bonchev–Trinajstić information content (AvgIpc) is 2.53. The van der Waals surface area contributed by atoms with Crippen LogP contribution < -0.4 is 15.8 Å². The summed E-state index contributed by atoms with van der Waals surface area (Å²) in [6.07, 6.45) is 0. The van der Waals surface area contributed by atoms with Crippen LogP contribution in [0.15, 0.2) is 42.5 Å². The first-order valence-corrected chi connectivity index (χ1v) is 6.97. The molecule has 1 atom stereocenters. The molecule has 0 radical (unpaired) electrons. The summed E-state index contributed by atoms with van der Waals surface area (Å²) in [7, 11) is 1.53. The molecule has 0 aliphatic rings. The molecule has 0 bridgehead atoms. The predicted octanol–water partition coefficient (Wildman–Crippen LogP) is 2.78. The fourth-order valence-corrected chi connectivity index (χ4v) is 2.10. The van der Waals surface area contributed by atoms with E-state index in [1.807, 2.05) is 0 Å². The molecular weight excluding hydrogens is 283 g/mol. The number of carbonyl (C=O) groups excluding carboxylic acids is 1. The molecule has 2 rings (SSSR count). The number of nitrogen functional groups attached to an aromatic ring is 1. The molecule has 0 fully saturated rings. The maximum atomic E-state index is 12.8. The smallest absolute Gasteiger partial charge is 0.179 e. The standard InChI is InChI=1S/C17H19FN2O2/c1-11(20-10-12-3-6-14(18)7-4-12)17(21)13-5-8-16(22-2)15(19)9-13/h3-9,11,20H,10,19H2,1-2H3. The van der Waals surface area contributed by atoms with Crippen molar-refractivity contribution in [2.75, 3.05) is 12.8 Å². The molecular formula is C17H19FN2O2. The van der Waals surface area contributed by atoms with Gasteiger partial charge in [-0.25, -0.2) is 4.39 Å². The number of anilines is 1. The molecule has 4 nitrogen and oxygen atoms in total. The third kappa shape index (κ3) is 3.83. The molecule has 3 N–H and O–H groups in total. The molecule has 0 heterocycles. The molecule has 1 unspecified atom stereocenters. The predicted molar refractivity (Wildman–Crippen MR) is 84.4 cm³/mol. The number of nitrogens with one attached hydrogen (secondary N) is 1. The van der Waals surface area contributed by atoms with Crippen molar-refractivity contribution < 1.29 is 13.9 Å². The highest BCUT2D eigenvalue weighted by atomic mass is 19.1. The second-order valence-corrected chi connectivity index (χ2v) is 5.05. The Labute approximate surface area is 129 Å². The van der Waals surface area contributed by atoms with Crippen molar-refractivity contribution in [3.8, 4) is 5.75 Å². The fourth-order valence-electron chi connectivity index (χ4n) is 2.10. The van der Waals surface area contributed by atoms with Gasteiger partial charge >= 0.3 is 0 Å². The number of Topliss-reactive ketones (excluding diaryl/α,β-unsaturated/α-hetero) is 1. The Bertz CT molecular complexity index is 656. The Hall–Kier alpha value is -2.40. The zero-order valence-corrected chi connectivity index (χ0v) is 12.6. The van der Waals surface area contributed by atoms with Crippen molar-refractivity contribution in [1.29, 1.82) is 0 Å². The average molecular weight is 302 g/mol. The van der Waals surface area contributed by atoms with Crippen LogP contribution in [0.2, 0.25) is 0 Å². The Morgan fingerprint density at radius 2 is 1.95 bits per heavy atom. The molecule has 0 saturated heterocycles. The minimum Gasteiger partial charge on any atom is -0.495 e. The summed E-state index contributed by atoms with van der Waals surface area (Å²) in [4.78, 5) is 12.4. The van der Waals surface area contributed by atoms with E-state index in [1.165, 1.54) is 19.2 Å². The summed E-state index contributed by atoms with van der Waals surface area (Å²) in [6, 6.07) is 10.8. The molecule has 22 heavy (non-hydrogen) atoms. The molecule has 2 aromatic carbocycles. The van der Waals surface area contributed by atoms with E-state index in [0.717, 1.165) is 5.56 Å². The second kappa shape index (κ2) is 7.04. The molecule has 5 heteroatoms. The van der Waals surface area contributed by atoms with E-state index >= 15 is 0 Å². The number of carbonyl (C=O) groups is 1. The van der Waals surface area contributed by atoms with Gasteiger partial charge in [-0.3, -0.25) is 4.79 Å². The summed E-state index contributed by atoms with van der Waals surface area (Å²) in [5.41, 5.74) is 7.68. The summed E-state index contributed by atoms with van der Waals surface area (Å²) in [6.45, 7) is 2.27. The van der Waals surface area contributed by atoms with Gasteiger partial charge in [-0.15, -0.1) is 0 Å². The Kier molecular flexibility index (Phi) is 5.12. The lowest BCUT2D eigenvalue weighted by molar-refractivity contribution is 0.0950. The van der Waals surface area contributed by atoms with Crippen LogP contribution in [0.4, 0.5) is 10.1 Å². The number of nitrogens with two attached hydrogens (primary N) is 1. The minimum atomic E-state index is -0.377. The van der Waals surface area contributed by atoms with Gasteiger partial charge in [0.25, 0.3) is 0 Å². The Balaban J connectivity index is 1.99. The van der Waals surface area contributed by atoms with E-state index < -0.39 is 0 Å². The molecule has 0 aromatic heterocycles. The summed E-state index contributed by atoms with van der Waals surface area (Å²) in [5.74, 6) is 0.210. The van der Waals surface area contributed by atoms with E-state index in [9.17, 15) is 9.18 Å². The molecule has 116 valence electrons. The van der Waals surface area contributed by atoms with Crippen molar-refractivity contribution in [3.63, 3.8) is 0 Å². The van der Waals surface area contributed by atoms with Crippen LogP contribution in [0.3, 0.4) is 0 Å². The van der Waals surface area contributed by atoms with Crippen molar-refractivity contribution in [1.82, 2.24) is 5.32 Å². The van der Waals surface area contributed by atoms with E-state index in [2.05, 4.69) is 5.32 Å². The number of halogens is 1. The molecule has 2 aromatic rings. The van der Waals surface area contributed by atoms with Gasteiger partial charge in [-0.1, -0.05) is 12.1 Å². The van der Waals surface area contributed by atoms with Crippen LogP contribution in [0, 0.1) is 5.82 Å². The number of hydrogen-bond acceptors (Lipinski definition) is 4. The van der Waals surface area contributed by atoms with Crippen LogP contribution >= 0.6 is 0 Å². The zero-order valence-electron chi connectivity index (χ0n) is 12.6. The normalized spacial score (nSPS) is 12.0. The number of rotatable bonds is 6. The van der Waals surface area contributed by atoms with Crippen LogP contribution in [0.1, 0.15) is 22.8 Å². The topological polar surface area (TPSA) is 64.3 Å². The lowest BCUT2D eigenvalue weighted by Crippen LogP contribution is -2.33. The summed E-state index contributed by atoms with van der Waals surface area (Å²) in [5, 5.41) is 3.12. The van der Waals surface area contributed by atoms with Gasteiger partial charge in [0.15, 0.2) is 5.78 Å². The van der Waals surface area contributed by atoms with Gasteiger partial charge in [0.05, 0.1) is 18.8 Å². The molecule has 0 aliphatic carbocycles. The number of ether oxygens (including phenoxy) is 1. The molecule has 0 saturated carbocycles. The maximum Gasteiger partial charge on any atom is 0.179 e. The van der Waals surface area contributed by atoms with Gasteiger partial charge in [0.1, 0.15) is 11.6 Å². The van der Waals surface area contributed by atoms with E-state index in [0.29, 0.717) is 23.5 Å². The first kappa shape index (κ1) is 16.0. The number of benzene rings is 2. The van der Waals surface area contributed by atoms with Crippen molar-refractivity contribution in [2.45, 2.75) is 19.5 Å². The zero-order chi connectivity index (χ0) is 16.1. The van der Waals surface area contributed by atoms with Crippen molar-refractivity contribution in [2.24, 2.45) is 0 Å². The molecule has 0 aliphatic heterocycles. The summed E-state index contributed by atoms with van der Waals surface area (Å²) < 4.78 is 17.9.